The van der Waals surface area contributed by atoms with Gasteiger partial charge in [0.15, 0.2) is 5.84 Å². The molecule has 1 aromatic heterocycles. The predicted octanol–water partition coefficient (Wildman–Crippen LogP) is 2.07. The topological polar surface area (TPSA) is 134 Å². The van der Waals surface area contributed by atoms with Crippen molar-refractivity contribution in [3.8, 4) is 0 Å². The summed E-state index contributed by atoms with van der Waals surface area (Å²) < 4.78 is 17.1. The Kier molecular flexibility index (Phi) is 7.49. The normalized spacial score (nSPS) is 31.1. The molecule has 1 aromatic rings. The molecule has 12 nitrogen and oxygen atoms in total. The first-order chi connectivity index (χ1) is 18.7. The number of pyridine rings is 1. The summed E-state index contributed by atoms with van der Waals surface area (Å²) in [6.45, 7) is 2.61. The highest BCUT2D eigenvalue weighted by atomic mass is 16.6. The van der Waals surface area contributed by atoms with Crippen molar-refractivity contribution in [2.75, 3.05) is 19.8 Å². The van der Waals surface area contributed by atoms with Crippen LogP contribution in [0.3, 0.4) is 0 Å². The van der Waals surface area contributed by atoms with Crippen molar-refractivity contribution in [1.29, 1.82) is 0 Å². The van der Waals surface area contributed by atoms with Gasteiger partial charge in [-0.05, 0) is 43.2 Å². The standard InChI is InChI=1S/C26H34N8O4/c35-26(29-14-17-2-1-6-27-13-17)38-20-4-3-19(10-20)21-11-23(32-31-21)30-25-22-12-24(33-34(22)8-7-28-25)37-16-18-5-9-36-15-18/h1-2,6-8,13,18-22,31H,3-5,9-12,14-16H2,(H,29,35)(H,28,30,32)/t18?,19-,20+,21?,22?/m0/s1. The van der Waals surface area contributed by atoms with Gasteiger partial charge in [0.05, 0.1) is 19.6 Å². The van der Waals surface area contributed by atoms with Gasteiger partial charge >= 0.3 is 6.09 Å². The van der Waals surface area contributed by atoms with E-state index in [1.165, 1.54) is 0 Å². The third-order valence-electron chi connectivity index (χ3n) is 7.64. The van der Waals surface area contributed by atoms with Crippen molar-refractivity contribution >= 4 is 23.7 Å². The molecule has 3 fully saturated rings. The lowest BCUT2D eigenvalue weighted by Crippen LogP contribution is -2.37. The molecule has 4 aliphatic heterocycles. The molecule has 3 unspecified atom stereocenters. The van der Waals surface area contributed by atoms with Gasteiger partial charge in [0, 0.05) is 56.3 Å². The van der Waals surface area contributed by atoms with E-state index >= 15 is 0 Å². The van der Waals surface area contributed by atoms with Crippen LogP contribution >= 0.6 is 0 Å². The number of carbonyl (C=O) groups excluding carboxylic acids is 1. The second-order valence-electron chi connectivity index (χ2n) is 10.4. The van der Waals surface area contributed by atoms with E-state index in [1.54, 1.807) is 18.6 Å². The molecule has 0 spiro atoms. The Labute approximate surface area is 221 Å². The number of hydrazone groups is 1. The molecule has 6 rings (SSSR count). The summed E-state index contributed by atoms with van der Waals surface area (Å²) in [5, 5.41) is 9.29. The van der Waals surface area contributed by atoms with Crippen LogP contribution in [0.4, 0.5) is 4.79 Å². The summed E-state index contributed by atoms with van der Waals surface area (Å²) in [4.78, 5) is 25.7. The third kappa shape index (κ3) is 5.97. The van der Waals surface area contributed by atoms with Crippen molar-refractivity contribution in [3.63, 3.8) is 0 Å². The molecule has 0 radical (unpaired) electrons. The molecule has 3 N–H and O–H groups in total. The van der Waals surface area contributed by atoms with Gasteiger partial charge in [-0.3, -0.25) is 9.99 Å². The summed E-state index contributed by atoms with van der Waals surface area (Å²) >= 11 is 0. The number of aliphatic imine (C=N–C) groups is 2. The van der Waals surface area contributed by atoms with Crippen molar-refractivity contribution in [1.82, 2.24) is 26.2 Å². The molecule has 38 heavy (non-hydrogen) atoms. The maximum absolute atomic E-state index is 12.2. The van der Waals surface area contributed by atoms with E-state index in [0.717, 1.165) is 68.5 Å². The zero-order valence-electron chi connectivity index (χ0n) is 21.3. The fourth-order valence-electron chi connectivity index (χ4n) is 5.53. The highest BCUT2D eigenvalue weighted by Crippen LogP contribution is 2.33. The minimum atomic E-state index is -0.383. The lowest BCUT2D eigenvalue weighted by molar-refractivity contribution is 0.0971. The van der Waals surface area contributed by atoms with E-state index < -0.39 is 0 Å². The number of aromatic nitrogens is 1. The van der Waals surface area contributed by atoms with E-state index in [0.29, 0.717) is 31.4 Å². The van der Waals surface area contributed by atoms with E-state index in [9.17, 15) is 4.79 Å². The molecule has 1 saturated carbocycles. The van der Waals surface area contributed by atoms with Crippen LogP contribution in [-0.2, 0) is 20.8 Å². The molecule has 1 aliphatic carbocycles. The maximum atomic E-state index is 12.2. The first kappa shape index (κ1) is 24.8. The number of hydrogen-bond acceptors (Lipinski definition) is 10. The zero-order valence-corrected chi connectivity index (χ0v) is 21.3. The molecular weight excluding hydrogens is 488 g/mol. The number of carbonyl (C=O) groups is 1. The number of fused-ring (bicyclic) bond motifs is 1. The van der Waals surface area contributed by atoms with Gasteiger partial charge in [-0.1, -0.05) is 6.07 Å². The average molecular weight is 523 g/mol. The van der Waals surface area contributed by atoms with Crippen LogP contribution in [0, 0.1) is 11.8 Å². The van der Waals surface area contributed by atoms with Gasteiger partial charge in [0.1, 0.15) is 18.0 Å². The second kappa shape index (κ2) is 11.5. The minimum absolute atomic E-state index is 0.0578. The number of alkyl carbamates (subject to hydrolysis) is 1. The Hall–Kier alpha value is -3.51. The van der Waals surface area contributed by atoms with Gasteiger partial charge in [0.25, 0.3) is 0 Å². The summed E-state index contributed by atoms with van der Waals surface area (Å²) in [6, 6.07) is 3.93. The molecule has 5 heterocycles. The van der Waals surface area contributed by atoms with Gasteiger partial charge in [-0.2, -0.15) is 0 Å². The Morgan fingerprint density at radius 1 is 1.29 bits per heavy atom. The highest BCUT2D eigenvalue weighted by Gasteiger charge is 2.37. The van der Waals surface area contributed by atoms with Crippen molar-refractivity contribution in [2.45, 2.75) is 63.3 Å². The molecule has 1 amide bonds. The first-order valence-electron chi connectivity index (χ1n) is 13.4. The van der Waals surface area contributed by atoms with E-state index in [-0.39, 0.29) is 24.3 Å². The minimum Gasteiger partial charge on any atom is -0.479 e. The number of ether oxygens (including phenoxy) is 3. The van der Waals surface area contributed by atoms with Crippen LogP contribution in [0.2, 0.25) is 0 Å². The van der Waals surface area contributed by atoms with Crippen molar-refractivity contribution < 1.29 is 19.0 Å². The highest BCUT2D eigenvalue weighted by molar-refractivity contribution is 6.03. The summed E-state index contributed by atoms with van der Waals surface area (Å²) in [5.41, 5.74) is 7.57. The molecule has 2 saturated heterocycles. The molecule has 5 aliphatic rings. The molecular formula is C26H34N8O4. The lowest BCUT2D eigenvalue weighted by atomic mass is 9.96. The predicted molar refractivity (Wildman–Crippen MR) is 140 cm³/mol. The molecule has 5 atom stereocenters. The van der Waals surface area contributed by atoms with Crippen LogP contribution in [0.1, 0.15) is 44.1 Å². The summed E-state index contributed by atoms with van der Waals surface area (Å²) in [5.74, 6) is 3.14. The zero-order chi connectivity index (χ0) is 25.7. The molecule has 12 heteroatoms. The van der Waals surface area contributed by atoms with Gasteiger partial charge < -0.3 is 25.0 Å². The van der Waals surface area contributed by atoms with Crippen LogP contribution in [0.15, 0.2) is 52.0 Å². The Balaban J connectivity index is 0.959. The SMILES string of the molecule is O=C(NCc1cccnc1)O[C@@H]1CC[C@H](C2CC(=NC3=NC=CN4N=C(OCC5CCOC5)CC34)NN2)C1. The third-order valence-corrected chi connectivity index (χ3v) is 7.64. The number of nitrogens with one attached hydrogen (secondary N) is 3. The van der Waals surface area contributed by atoms with Crippen LogP contribution in [0.5, 0.6) is 0 Å². The Morgan fingerprint density at radius 2 is 2.26 bits per heavy atom. The molecule has 0 aromatic carbocycles. The quantitative estimate of drug-likeness (QED) is 0.517. The summed E-state index contributed by atoms with van der Waals surface area (Å²) in [7, 11) is 0. The molecule has 0 bridgehead atoms. The number of rotatable bonds is 6. The maximum Gasteiger partial charge on any atom is 0.407 e. The average Bonchev–Trinajstić information content (AvgIpc) is 3.74. The van der Waals surface area contributed by atoms with Crippen LogP contribution < -0.4 is 16.2 Å². The van der Waals surface area contributed by atoms with E-state index in [4.69, 9.17) is 19.2 Å². The summed E-state index contributed by atoms with van der Waals surface area (Å²) in [6.07, 6.45) is 11.7. The molecule has 202 valence electrons. The van der Waals surface area contributed by atoms with Crippen molar-refractivity contribution in [2.24, 2.45) is 26.9 Å². The first-order valence-corrected chi connectivity index (χ1v) is 13.4. The van der Waals surface area contributed by atoms with Crippen LogP contribution in [-0.4, -0.2) is 71.7 Å². The van der Waals surface area contributed by atoms with Crippen molar-refractivity contribution in [3.05, 3.63) is 42.5 Å². The van der Waals surface area contributed by atoms with Gasteiger partial charge in [-0.15, -0.1) is 5.10 Å². The number of hydrogen-bond donors (Lipinski definition) is 3. The number of amides is 1. The lowest BCUT2D eigenvalue weighted by Gasteiger charge is -2.21. The number of nitrogens with zero attached hydrogens (tertiary/aromatic N) is 5. The van der Waals surface area contributed by atoms with Gasteiger partial charge in [0.2, 0.25) is 5.90 Å². The van der Waals surface area contributed by atoms with E-state index in [2.05, 4.69) is 31.2 Å². The Morgan fingerprint density at radius 3 is 3.13 bits per heavy atom. The number of hydrazine groups is 1. The number of amidine groups is 2. The fourth-order valence-corrected chi connectivity index (χ4v) is 5.53. The Bertz CT molecular complexity index is 1120. The largest absolute Gasteiger partial charge is 0.479 e. The van der Waals surface area contributed by atoms with E-state index in [1.807, 2.05) is 23.3 Å². The van der Waals surface area contributed by atoms with Gasteiger partial charge in [-0.25, -0.2) is 20.2 Å². The van der Waals surface area contributed by atoms with Crippen LogP contribution in [0.25, 0.3) is 0 Å². The monoisotopic (exact) mass is 522 g/mol. The fraction of sp³-hybridized carbons (Fsp3) is 0.577. The smallest absolute Gasteiger partial charge is 0.407 e. The second-order valence-corrected chi connectivity index (χ2v) is 10.4.